The average Bonchev–Trinajstić information content (AvgIpc) is 2.82. The number of hydrogen-bond donors (Lipinski definition) is 3. The molecule has 0 unspecified atom stereocenters. The van der Waals surface area contributed by atoms with Gasteiger partial charge in [-0.1, -0.05) is 24.8 Å². The molecule has 0 saturated carbocycles. The fourth-order valence-electron chi connectivity index (χ4n) is 2.92. The van der Waals surface area contributed by atoms with E-state index in [1.807, 2.05) is 0 Å². The van der Waals surface area contributed by atoms with Crippen LogP contribution < -0.4 is 20.7 Å². The Morgan fingerprint density at radius 1 is 0.882 bits per heavy atom. The topological polar surface area (TPSA) is 79.5 Å². The number of anilines is 3. The van der Waals surface area contributed by atoms with Crippen LogP contribution in [0.3, 0.4) is 0 Å². The molecule has 0 radical (unpaired) electrons. The van der Waals surface area contributed by atoms with Crippen LogP contribution in [-0.2, 0) is 11.0 Å². The number of hydrogen-bond acceptors (Lipinski definition) is 4. The van der Waals surface area contributed by atoms with E-state index in [-0.39, 0.29) is 23.7 Å². The van der Waals surface area contributed by atoms with Crippen LogP contribution in [0.4, 0.5) is 30.2 Å². The molecule has 3 N–H and O–H groups in total. The van der Waals surface area contributed by atoms with Crippen LogP contribution in [0.2, 0.25) is 0 Å². The lowest BCUT2D eigenvalue weighted by molar-refractivity contribution is -0.137. The Kier molecular flexibility index (Phi) is 7.92. The van der Waals surface area contributed by atoms with Gasteiger partial charge >= 0.3 is 6.18 Å². The number of carbonyl (C=O) groups is 2. The van der Waals surface area contributed by atoms with Gasteiger partial charge in [0.1, 0.15) is 12.4 Å². The summed E-state index contributed by atoms with van der Waals surface area (Å²) in [4.78, 5) is 24.7. The van der Waals surface area contributed by atoms with Crippen LogP contribution in [-0.4, -0.2) is 25.0 Å². The molecule has 0 aliphatic carbocycles. The Morgan fingerprint density at radius 3 is 2.29 bits per heavy atom. The summed E-state index contributed by atoms with van der Waals surface area (Å²) in [6.07, 6.45) is -2.88. The van der Waals surface area contributed by atoms with Crippen molar-refractivity contribution in [3.05, 3.63) is 96.6 Å². The Bertz CT molecular complexity index is 1160. The summed E-state index contributed by atoms with van der Waals surface area (Å²) in [5.74, 6) is -0.235. The van der Waals surface area contributed by atoms with Crippen LogP contribution in [0.25, 0.3) is 0 Å². The second-order valence-electron chi connectivity index (χ2n) is 7.14. The second-order valence-corrected chi connectivity index (χ2v) is 7.14. The highest BCUT2D eigenvalue weighted by molar-refractivity contribution is 6.05. The quantitative estimate of drug-likeness (QED) is 0.358. The van der Waals surface area contributed by atoms with Crippen molar-refractivity contribution in [3.63, 3.8) is 0 Å². The molecule has 3 rings (SSSR count). The molecule has 9 heteroatoms. The minimum absolute atomic E-state index is 0.0264. The number of amides is 2. The summed E-state index contributed by atoms with van der Waals surface area (Å²) >= 11 is 0. The summed E-state index contributed by atoms with van der Waals surface area (Å²) in [6.45, 7) is 3.89. The zero-order valence-corrected chi connectivity index (χ0v) is 18.0. The Morgan fingerprint density at radius 2 is 1.59 bits per heavy atom. The average molecular weight is 469 g/mol. The normalized spacial score (nSPS) is 10.8. The van der Waals surface area contributed by atoms with Gasteiger partial charge in [-0.05, 0) is 60.7 Å². The smallest absolute Gasteiger partial charge is 0.416 e. The molecular formula is C25H22F3N3O3. The van der Waals surface area contributed by atoms with Crippen LogP contribution >= 0.6 is 0 Å². The van der Waals surface area contributed by atoms with Gasteiger partial charge in [-0.15, -0.1) is 0 Å². The molecule has 0 atom stereocenters. The molecule has 2 amide bonds. The second kappa shape index (κ2) is 11.0. The lowest BCUT2D eigenvalue weighted by atomic mass is 10.1. The fourth-order valence-corrected chi connectivity index (χ4v) is 2.92. The monoisotopic (exact) mass is 469 g/mol. The zero-order valence-electron chi connectivity index (χ0n) is 18.0. The molecule has 0 aliphatic rings. The van der Waals surface area contributed by atoms with Crippen molar-refractivity contribution in [1.82, 2.24) is 0 Å². The summed E-state index contributed by atoms with van der Waals surface area (Å²) in [5, 5.41) is 8.10. The first kappa shape index (κ1) is 24.4. The standard InChI is InChI=1S/C25H22F3N3O3/c1-2-13-34-22-11-9-19(10-12-22)30-23(32)16-29-20-7-3-5-17(14-20)24(33)31-21-8-4-6-18(15-21)25(26,27)28/h2-12,14-15,29H,1,13,16H2,(H,30,32)(H,31,33). The van der Waals surface area contributed by atoms with Crippen LogP contribution in [0, 0.1) is 0 Å². The summed E-state index contributed by atoms with van der Waals surface area (Å²) in [5.41, 5.74) is 0.481. The first-order chi connectivity index (χ1) is 16.2. The minimum atomic E-state index is -4.51. The van der Waals surface area contributed by atoms with E-state index < -0.39 is 17.6 Å². The van der Waals surface area contributed by atoms with Gasteiger partial charge in [0, 0.05) is 22.6 Å². The van der Waals surface area contributed by atoms with Crippen molar-refractivity contribution in [3.8, 4) is 5.75 Å². The molecule has 0 fully saturated rings. The van der Waals surface area contributed by atoms with E-state index in [2.05, 4.69) is 22.5 Å². The Balaban J connectivity index is 1.55. The molecular weight excluding hydrogens is 447 g/mol. The molecule has 176 valence electrons. The predicted octanol–water partition coefficient (Wildman–Crippen LogP) is 5.57. The van der Waals surface area contributed by atoms with E-state index in [9.17, 15) is 22.8 Å². The zero-order chi connectivity index (χ0) is 24.6. The Labute approximate surface area is 194 Å². The van der Waals surface area contributed by atoms with Gasteiger partial charge in [-0.3, -0.25) is 9.59 Å². The molecule has 0 heterocycles. The molecule has 3 aromatic carbocycles. The summed E-state index contributed by atoms with van der Waals surface area (Å²) in [6, 6.07) is 17.5. The molecule has 0 saturated heterocycles. The molecule has 0 spiro atoms. The molecule has 0 aromatic heterocycles. The molecule has 0 aliphatic heterocycles. The van der Waals surface area contributed by atoms with Gasteiger partial charge in [0.05, 0.1) is 12.1 Å². The third-order valence-corrected chi connectivity index (χ3v) is 4.53. The highest BCUT2D eigenvalue weighted by atomic mass is 19.4. The van der Waals surface area contributed by atoms with Crippen LogP contribution in [0.15, 0.2) is 85.5 Å². The van der Waals surface area contributed by atoms with Crippen molar-refractivity contribution in [2.75, 3.05) is 29.1 Å². The largest absolute Gasteiger partial charge is 0.490 e. The third-order valence-electron chi connectivity index (χ3n) is 4.53. The maximum atomic E-state index is 12.9. The first-order valence-electron chi connectivity index (χ1n) is 10.2. The van der Waals surface area contributed by atoms with Crippen molar-refractivity contribution < 1.29 is 27.5 Å². The van der Waals surface area contributed by atoms with Gasteiger partial charge in [0.2, 0.25) is 5.91 Å². The number of benzene rings is 3. The molecule has 3 aromatic rings. The SMILES string of the molecule is C=CCOc1ccc(NC(=O)CNc2cccc(C(=O)Nc3cccc(C(F)(F)F)c3)c2)cc1. The molecule has 0 bridgehead atoms. The Hall–Kier alpha value is -4.27. The molecule has 34 heavy (non-hydrogen) atoms. The fraction of sp³-hybridized carbons (Fsp3) is 0.120. The van der Waals surface area contributed by atoms with Gasteiger partial charge in [-0.25, -0.2) is 0 Å². The summed E-state index contributed by atoms with van der Waals surface area (Å²) in [7, 11) is 0. The molecule has 6 nitrogen and oxygen atoms in total. The number of ether oxygens (including phenoxy) is 1. The number of rotatable bonds is 9. The number of carbonyl (C=O) groups excluding carboxylic acids is 2. The van der Waals surface area contributed by atoms with Crippen LogP contribution in [0.1, 0.15) is 15.9 Å². The number of alkyl halides is 3. The maximum absolute atomic E-state index is 12.9. The summed E-state index contributed by atoms with van der Waals surface area (Å²) < 4.78 is 44.0. The number of halogens is 3. The van der Waals surface area contributed by atoms with Crippen molar-refractivity contribution in [1.29, 1.82) is 0 Å². The van der Waals surface area contributed by atoms with Gasteiger partial charge in [0.25, 0.3) is 5.91 Å². The van der Waals surface area contributed by atoms with Crippen LogP contribution in [0.5, 0.6) is 5.75 Å². The lowest BCUT2D eigenvalue weighted by Crippen LogP contribution is -2.22. The maximum Gasteiger partial charge on any atom is 0.416 e. The van der Waals surface area contributed by atoms with Crippen molar-refractivity contribution in [2.24, 2.45) is 0 Å². The predicted molar refractivity (Wildman–Crippen MR) is 125 cm³/mol. The number of nitrogens with one attached hydrogen (secondary N) is 3. The van der Waals surface area contributed by atoms with E-state index in [1.165, 1.54) is 24.3 Å². The minimum Gasteiger partial charge on any atom is -0.490 e. The highest BCUT2D eigenvalue weighted by Gasteiger charge is 2.30. The van der Waals surface area contributed by atoms with Gasteiger partial charge in [0.15, 0.2) is 0 Å². The first-order valence-corrected chi connectivity index (χ1v) is 10.2. The van der Waals surface area contributed by atoms with Crippen molar-refractivity contribution >= 4 is 28.9 Å². The van der Waals surface area contributed by atoms with E-state index >= 15 is 0 Å². The van der Waals surface area contributed by atoms with Gasteiger partial charge in [-0.2, -0.15) is 13.2 Å². The van der Waals surface area contributed by atoms with E-state index in [4.69, 9.17) is 4.74 Å². The highest BCUT2D eigenvalue weighted by Crippen LogP contribution is 2.30. The third kappa shape index (κ3) is 7.13. The van der Waals surface area contributed by atoms with E-state index in [1.54, 1.807) is 42.5 Å². The lowest BCUT2D eigenvalue weighted by Gasteiger charge is -2.11. The van der Waals surface area contributed by atoms with E-state index in [0.717, 1.165) is 12.1 Å². The van der Waals surface area contributed by atoms with E-state index in [0.29, 0.717) is 23.7 Å². The van der Waals surface area contributed by atoms with Gasteiger partial charge < -0.3 is 20.7 Å². The van der Waals surface area contributed by atoms with Crippen molar-refractivity contribution in [2.45, 2.75) is 6.18 Å².